The highest BCUT2D eigenvalue weighted by molar-refractivity contribution is 6.34. The Morgan fingerprint density at radius 1 is 0.875 bits per heavy atom. The Kier molecular flexibility index (Phi) is 3.73. The van der Waals surface area contributed by atoms with Gasteiger partial charge in [-0.05, 0) is 25.6 Å². The lowest BCUT2D eigenvalue weighted by atomic mass is 9.58. The highest BCUT2D eigenvalue weighted by Gasteiger charge is 2.78. The number of Topliss-reactive ketones (excluding diaryl/α,β-unsaturated/α-hetero) is 2. The van der Waals surface area contributed by atoms with Crippen molar-refractivity contribution < 1.29 is 14.4 Å². The highest BCUT2D eigenvalue weighted by Crippen LogP contribution is 2.66. The van der Waals surface area contributed by atoms with Gasteiger partial charge in [-0.25, -0.2) is 0 Å². The van der Waals surface area contributed by atoms with Gasteiger partial charge in [0.2, 0.25) is 0 Å². The van der Waals surface area contributed by atoms with Crippen LogP contribution in [-0.2, 0) is 10.3 Å². The van der Waals surface area contributed by atoms with E-state index >= 15 is 0 Å². The number of benzene rings is 3. The summed E-state index contributed by atoms with van der Waals surface area (Å²) in [5, 5.41) is 2.99. The molecule has 3 aromatic carbocycles. The van der Waals surface area contributed by atoms with Crippen LogP contribution in [0, 0.1) is 12.3 Å². The van der Waals surface area contributed by atoms with Gasteiger partial charge in [0.15, 0.2) is 11.6 Å². The molecule has 3 aromatic rings. The molecule has 0 aromatic heterocycles. The number of fused-ring (bicyclic) bond motifs is 4. The summed E-state index contributed by atoms with van der Waals surface area (Å²) in [6.45, 7) is 2.37. The fourth-order valence-corrected chi connectivity index (χ4v) is 6.37. The average Bonchev–Trinajstić information content (AvgIpc) is 3.34. The number of hydrogen-bond donors (Lipinski definition) is 1. The maximum atomic E-state index is 14.3. The van der Waals surface area contributed by atoms with E-state index in [1.807, 2.05) is 67.4 Å². The number of likely N-dealkylation sites (N-methyl/N-ethyl adjacent to an activating group) is 1. The number of likely N-dealkylation sites (tertiary alicyclic amines) is 1. The van der Waals surface area contributed by atoms with Gasteiger partial charge >= 0.3 is 0 Å². The van der Waals surface area contributed by atoms with E-state index in [1.54, 1.807) is 24.3 Å². The van der Waals surface area contributed by atoms with Crippen molar-refractivity contribution in [1.29, 1.82) is 0 Å². The molecule has 0 saturated carbocycles. The van der Waals surface area contributed by atoms with E-state index in [-0.39, 0.29) is 17.5 Å². The van der Waals surface area contributed by atoms with Crippen molar-refractivity contribution >= 4 is 23.2 Å². The number of carbonyl (C=O) groups is 3. The Balaban J connectivity index is 1.74. The topological polar surface area (TPSA) is 66.5 Å². The van der Waals surface area contributed by atoms with Gasteiger partial charge in [-0.15, -0.1) is 0 Å². The standard InChI is InChI=1S/C27H22N2O3/c1-16-12-13-22-20(14-16)27(25(32)28-22)26(21(15-29(27)2)17-8-4-3-5-9-17)23(30)18-10-6-7-11-19(18)24(26)31/h3-14,21H,15H2,1-2H3,(H,28,32)/t21-,27-/m1/s1. The lowest BCUT2D eigenvalue weighted by Gasteiger charge is -2.42. The number of aryl methyl sites for hydroxylation is 1. The number of ketones is 2. The molecule has 1 fully saturated rings. The van der Waals surface area contributed by atoms with Crippen LogP contribution in [0.2, 0.25) is 0 Å². The molecule has 32 heavy (non-hydrogen) atoms. The Hall–Kier alpha value is -3.57. The lowest BCUT2D eigenvalue weighted by molar-refractivity contribution is -0.128. The van der Waals surface area contributed by atoms with E-state index in [4.69, 9.17) is 0 Å². The Labute approximate surface area is 186 Å². The summed E-state index contributed by atoms with van der Waals surface area (Å²) in [5.41, 5.74) is 1.05. The molecular formula is C27H22N2O3. The summed E-state index contributed by atoms with van der Waals surface area (Å²) in [6.07, 6.45) is 0. The maximum absolute atomic E-state index is 14.3. The zero-order valence-electron chi connectivity index (χ0n) is 17.9. The first-order chi connectivity index (χ1) is 15.4. The van der Waals surface area contributed by atoms with E-state index in [0.29, 0.717) is 28.9 Å². The molecule has 1 N–H and O–H groups in total. The molecule has 2 aliphatic heterocycles. The van der Waals surface area contributed by atoms with Gasteiger partial charge in [-0.1, -0.05) is 72.3 Å². The zero-order valence-corrected chi connectivity index (χ0v) is 17.9. The summed E-state index contributed by atoms with van der Waals surface area (Å²) in [4.78, 5) is 44.5. The van der Waals surface area contributed by atoms with Crippen LogP contribution < -0.4 is 5.32 Å². The number of hydrogen-bond acceptors (Lipinski definition) is 4. The third-order valence-electron chi connectivity index (χ3n) is 7.60. The molecule has 0 bridgehead atoms. The smallest absolute Gasteiger partial charge is 0.251 e. The second-order valence-corrected chi connectivity index (χ2v) is 9.07. The molecule has 2 spiro atoms. The molecule has 158 valence electrons. The maximum Gasteiger partial charge on any atom is 0.251 e. The fourth-order valence-electron chi connectivity index (χ4n) is 6.37. The van der Waals surface area contributed by atoms with Crippen LogP contribution in [0.25, 0.3) is 0 Å². The molecule has 2 heterocycles. The second kappa shape index (κ2) is 6.24. The van der Waals surface area contributed by atoms with Crippen LogP contribution in [0.5, 0.6) is 0 Å². The van der Waals surface area contributed by atoms with Crippen LogP contribution >= 0.6 is 0 Å². The van der Waals surface area contributed by atoms with Gasteiger partial charge in [-0.2, -0.15) is 0 Å². The van der Waals surface area contributed by atoms with Crippen molar-refractivity contribution in [2.24, 2.45) is 5.41 Å². The van der Waals surface area contributed by atoms with Gasteiger partial charge in [0.25, 0.3) is 5.91 Å². The van der Waals surface area contributed by atoms with Crippen molar-refractivity contribution in [3.05, 3.63) is 101 Å². The molecule has 1 amide bonds. The SMILES string of the molecule is Cc1ccc2c(c1)[C@]1(C(=O)N2)N(C)C[C@H](c2ccccc2)C12C(=O)c1ccccc1C2=O. The van der Waals surface area contributed by atoms with Crippen LogP contribution in [0.15, 0.2) is 72.8 Å². The molecule has 0 unspecified atom stereocenters. The Bertz CT molecular complexity index is 1290. The van der Waals surface area contributed by atoms with Gasteiger partial charge in [0.05, 0.1) is 0 Å². The van der Waals surface area contributed by atoms with Crippen LogP contribution in [-0.4, -0.2) is 36.0 Å². The first-order valence-corrected chi connectivity index (χ1v) is 10.8. The third-order valence-corrected chi connectivity index (χ3v) is 7.60. The predicted octanol–water partition coefficient (Wildman–Crippen LogP) is 3.94. The van der Waals surface area contributed by atoms with Crippen LogP contribution in [0.4, 0.5) is 5.69 Å². The molecular weight excluding hydrogens is 400 g/mol. The molecule has 5 heteroatoms. The number of nitrogens with one attached hydrogen (secondary N) is 1. The van der Waals surface area contributed by atoms with Crippen molar-refractivity contribution in [2.75, 3.05) is 18.9 Å². The minimum Gasteiger partial charge on any atom is -0.324 e. The minimum atomic E-state index is -1.57. The van der Waals surface area contributed by atoms with Gasteiger partial charge in [-0.3, -0.25) is 19.3 Å². The molecule has 6 rings (SSSR count). The summed E-state index contributed by atoms with van der Waals surface area (Å²) in [5.74, 6) is -1.30. The monoisotopic (exact) mass is 422 g/mol. The summed E-state index contributed by atoms with van der Waals surface area (Å²) in [7, 11) is 1.85. The van der Waals surface area contributed by atoms with Crippen molar-refractivity contribution in [3.63, 3.8) is 0 Å². The Morgan fingerprint density at radius 3 is 2.16 bits per heavy atom. The van der Waals surface area contributed by atoms with E-state index in [0.717, 1.165) is 11.1 Å². The highest BCUT2D eigenvalue weighted by atomic mass is 16.2. The number of amides is 1. The predicted molar refractivity (Wildman–Crippen MR) is 121 cm³/mol. The number of anilines is 1. The lowest BCUT2D eigenvalue weighted by Crippen LogP contribution is -2.60. The molecule has 1 saturated heterocycles. The van der Waals surface area contributed by atoms with Crippen molar-refractivity contribution in [3.8, 4) is 0 Å². The van der Waals surface area contributed by atoms with E-state index in [9.17, 15) is 14.4 Å². The van der Waals surface area contributed by atoms with E-state index in [2.05, 4.69) is 5.32 Å². The molecule has 2 atom stereocenters. The normalized spacial score (nSPS) is 25.4. The fraction of sp³-hybridized carbons (Fsp3) is 0.222. The van der Waals surface area contributed by atoms with Crippen LogP contribution in [0.1, 0.15) is 43.3 Å². The first-order valence-electron chi connectivity index (χ1n) is 10.8. The quantitative estimate of drug-likeness (QED) is 0.604. The molecule has 0 radical (unpaired) electrons. The van der Waals surface area contributed by atoms with Gasteiger partial charge in [0, 0.05) is 34.8 Å². The second-order valence-electron chi connectivity index (χ2n) is 9.07. The molecule has 5 nitrogen and oxygen atoms in total. The molecule has 1 aliphatic carbocycles. The van der Waals surface area contributed by atoms with Crippen molar-refractivity contribution in [1.82, 2.24) is 4.90 Å². The average molecular weight is 422 g/mol. The largest absolute Gasteiger partial charge is 0.324 e. The van der Waals surface area contributed by atoms with E-state index < -0.39 is 16.9 Å². The summed E-state index contributed by atoms with van der Waals surface area (Å²) >= 11 is 0. The van der Waals surface area contributed by atoms with E-state index in [1.165, 1.54) is 0 Å². The van der Waals surface area contributed by atoms with Crippen molar-refractivity contribution in [2.45, 2.75) is 18.4 Å². The van der Waals surface area contributed by atoms with Gasteiger partial charge < -0.3 is 5.32 Å². The van der Waals surface area contributed by atoms with Gasteiger partial charge in [0.1, 0.15) is 11.0 Å². The summed E-state index contributed by atoms with van der Waals surface area (Å²) in [6, 6.07) is 22.4. The minimum absolute atomic E-state index is 0.263. The van der Waals surface area contributed by atoms with Crippen LogP contribution in [0.3, 0.4) is 0 Å². The first kappa shape index (κ1) is 19.1. The third kappa shape index (κ3) is 1.96. The Morgan fingerprint density at radius 2 is 1.50 bits per heavy atom. The number of rotatable bonds is 1. The number of nitrogens with zero attached hydrogens (tertiary/aromatic N) is 1. The number of carbonyl (C=O) groups excluding carboxylic acids is 3. The zero-order chi connectivity index (χ0) is 22.3. The molecule has 3 aliphatic rings. The summed E-state index contributed by atoms with van der Waals surface area (Å²) < 4.78 is 0.